The van der Waals surface area contributed by atoms with E-state index in [9.17, 15) is 9.59 Å². The third kappa shape index (κ3) is 4.00. The van der Waals surface area contributed by atoms with Gasteiger partial charge >= 0.3 is 0 Å². The van der Waals surface area contributed by atoms with Crippen LogP contribution >= 0.6 is 0 Å². The Hall–Kier alpha value is -3.54. The highest BCUT2D eigenvalue weighted by atomic mass is 16.5. The molecule has 6 N–H and O–H groups in total. The summed E-state index contributed by atoms with van der Waals surface area (Å²) in [5, 5.41) is 4.16. The van der Waals surface area contributed by atoms with Crippen LogP contribution in [-0.4, -0.2) is 58.3 Å². The molecule has 11 heteroatoms. The van der Waals surface area contributed by atoms with E-state index >= 15 is 0 Å². The fraction of sp³-hybridized carbons (Fsp3) is 0.333. The molecule has 0 spiro atoms. The summed E-state index contributed by atoms with van der Waals surface area (Å²) in [4.78, 5) is 34.0. The number of nitrogens with zero attached hydrogens (tertiary/aromatic N) is 5. The molecule has 11 nitrogen and oxygen atoms in total. The van der Waals surface area contributed by atoms with Crippen LogP contribution in [0.15, 0.2) is 41.3 Å². The fourth-order valence-electron chi connectivity index (χ4n) is 3.77. The number of ether oxygens (including phenoxy) is 1. The predicted molar refractivity (Wildman–Crippen MR) is 121 cm³/mol. The van der Waals surface area contributed by atoms with Gasteiger partial charge in [0.2, 0.25) is 11.4 Å². The maximum Gasteiger partial charge on any atom is 0.256 e. The zero-order chi connectivity index (χ0) is 22.7. The number of primary amides is 1. The fourth-order valence-corrected chi connectivity index (χ4v) is 3.77. The van der Waals surface area contributed by atoms with Crippen molar-refractivity contribution >= 4 is 34.4 Å². The number of nitrogen functional groups attached to an aromatic ring is 1. The number of benzene rings is 1. The predicted octanol–water partition coefficient (Wildman–Crippen LogP) is 0.207. The van der Waals surface area contributed by atoms with E-state index in [1.54, 1.807) is 4.57 Å². The van der Waals surface area contributed by atoms with Gasteiger partial charge in [-0.2, -0.15) is 4.98 Å². The van der Waals surface area contributed by atoms with E-state index in [1.165, 1.54) is 6.20 Å². The lowest BCUT2D eigenvalue weighted by atomic mass is 10.1. The van der Waals surface area contributed by atoms with Gasteiger partial charge in [0.15, 0.2) is 5.65 Å². The van der Waals surface area contributed by atoms with E-state index < -0.39 is 11.3 Å². The van der Waals surface area contributed by atoms with Gasteiger partial charge in [-0.25, -0.2) is 15.0 Å². The number of morpholine rings is 1. The van der Waals surface area contributed by atoms with Crippen LogP contribution < -0.4 is 27.6 Å². The average Bonchev–Trinajstić information content (AvgIpc) is 2.80. The van der Waals surface area contributed by atoms with E-state index in [-0.39, 0.29) is 16.8 Å². The number of para-hydroxylation sites is 1. The molecule has 4 rings (SSSR count). The van der Waals surface area contributed by atoms with E-state index in [1.807, 2.05) is 35.3 Å². The van der Waals surface area contributed by atoms with Gasteiger partial charge in [-0.1, -0.05) is 18.2 Å². The van der Waals surface area contributed by atoms with Crippen molar-refractivity contribution in [3.8, 4) is 0 Å². The second-order valence-electron chi connectivity index (χ2n) is 7.37. The minimum Gasteiger partial charge on any atom is -0.384 e. The van der Waals surface area contributed by atoms with Gasteiger partial charge < -0.3 is 26.5 Å². The number of pyridine rings is 1. The molecule has 1 aliphatic rings. The number of hydrazine groups is 1. The Bertz CT molecular complexity index is 1180. The summed E-state index contributed by atoms with van der Waals surface area (Å²) < 4.78 is 7.10. The smallest absolute Gasteiger partial charge is 0.256 e. The second-order valence-corrected chi connectivity index (χ2v) is 7.37. The lowest BCUT2D eigenvalue weighted by molar-refractivity contribution is 0.0372. The van der Waals surface area contributed by atoms with Crippen molar-refractivity contribution in [1.82, 2.24) is 19.5 Å². The number of aromatic nitrogens is 3. The molecule has 1 aliphatic heterocycles. The molecule has 0 atom stereocenters. The SMILES string of the molecule is NCCCn1c(N)c(C(N)=O)c(=O)c2cnc(N(c3ccccc3)N3CCOCC3)nc21. The van der Waals surface area contributed by atoms with Crippen LogP contribution in [-0.2, 0) is 11.3 Å². The summed E-state index contributed by atoms with van der Waals surface area (Å²) in [5.41, 5.74) is 17.6. The van der Waals surface area contributed by atoms with Gasteiger partial charge in [0, 0.05) is 25.8 Å². The number of aryl methyl sites for hydroxylation is 1. The zero-order valence-electron chi connectivity index (χ0n) is 17.6. The molecule has 0 aliphatic carbocycles. The Labute approximate surface area is 184 Å². The average molecular weight is 438 g/mol. The number of hydrogen-bond donors (Lipinski definition) is 3. The summed E-state index contributed by atoms with van der Waals surface area (Å²) in [6.07, 6.45) is 1.99. The molecule has 2 aromatic heterocycles. The van der Waals surface area contributed by atoms with Crippen LogP contribution in [0.3, 0.4) is 0 Å². The molecule has 0 radical (unpaired) electrons. The summed E-state index contributed by atoms with van der Waals surface area (Å²) in [6, 6.07) is 9.69. The Kier molecular flexibility index (Phi) is 6.30. The molecule has 1 fully saturated rings. The molecule has 3 heterocycles. The number of hydrogen-bond acceptors (Lipinski definition) is 9. The van der Waals surface area contributed by atoms with Gasteiger partial charge in [0.05, 0.1) is 24.3 Å². The standard InChI is InChI=1S/C21H26N8O3/c22-7-4-8-28-18(23)16(19(24)31)17(30)15-13-25-21(26-20(15)28)29(14-5-2-1-3-6-14)27-9-11-32-12-10-27/h1-3,5-6,13H,4,7-12,22-23H2,(H2,24,31). The molecule has 32 heavy (non-hydrogen) atoms. The highest BCUT2D eigenvalue weighted by Gasteiger charge is 2.25. The molecular formula is C21H26N8O3. The van der Waals surface area contributed by atoms with E-state index in [0.717, 1.165) is 5.69 Å². The van der Waals surface area contributed by atoms with Crippen molar-refractivity contribution in [2.75, 3.05) is 43.6 Å². The maximum absolute atomic E-state index is 12.9. The Morgan fingerprint density at radius 1 is 1.19 bits per heavy atom. The normalized spacial score (nSPS) is 14.5. The minimum absolute atomic E-state index is 0.0225. The lowest BCUT2D eigenvalue weighted by Crippen LogP contribution is -2.47. The number of rotatable bonds is 7. The van der Waals surface area contributed by atoms with Gasteiger partial charge in [-0.15, -0.1) is 0 Å². The molecular weight excluding hydrogens is 412 g/mol. The number of carbonyl (C=O) groups is 1. The molecule has 3 aromatic rings. The number of amides is 1. The van der Waals surface area contributed by atoms with E-state index in [2.05, 4.69) is 9.99 Å². The molecule has 168 valence electrons. The largest absolute Gasteiger partial charge is 0.384 e. The van der Waals surface area contributed by atoms with Gasteiger partial charge in [0.25, 0.3) is 5.91 Å². The van der Waals surface area contributed by atoms with Crippen molar-refractivity contribution in [2.24, 2.45) is 11.5 Å². The summed E-state index contributed by atoms with van der Waals surface area (Å²) in [7, 11) is 0. The zero-order valence-corrected chi connectivity index (χ0v) is 17.6. The van der Waals surface area contributed by atoms with Crippen molar-refractivity contribution in [3.05, 3.63) is 52.3 Å². The van der Waals surface area contributed by atoms with Crippen LogP contribution in [0, 0.1) is 0 Å². The van der Waals surface area contributed by atoms with Crippen LogP contribution in [0.4, 0.5) is 17.5 Å². The molecule has 0 unspecified atom stereocenters. The van der Waals surface area contributed by atoms with Crippen LogP contribution in [0.2, 0.25) is 0 Å². The highest BCUT2D eigenvalue weighted by Crippen LogP contribution is 2.27. The van der Waals surface area contributed by atoms with Gasteiger partial charge in [0.1, 0.15) is 11.4 Å². The number of carbonyl (C=O) groups excluding carboxylic acids is 1. The first kappa shape index (κ1) is 21.7. The first-order chi connectivity index (χ1) is 15.5. The van der Waals surface area contributed by atoms with Crippen molar-refractivity contribution < 1.29 is 9.53 Å². The van der Waals surface area contributed by atoms with Gasteiger partial charge in [-0.05, 0) is 25.1 Å². The third-order valence-corrected chi connectivity index (χ3v) is 5.32. The number of fused-ring (bicyclic) bond motifs is 1. The number of anilines is 3. The Balaban J connectivity index is 1.93. The van der Waals surface area contributed by atoms with Crippen molar-refractivity contribution in [2.45, 2.75) is 13.0 Å². The van der Waals surface area contributed by atoms with E-state index in [4.69, 9.17) is 26.9 Å². The second kappa shape index (κ2) is 9.30. The van der Waals surface area contributed by atoms with Crippen molar-refractivity contribution in [3.63, 3.8) is 0 Å². The minimum atomic E-state index is -0.890. The topological polar surface area (TPSA) is 159 Å². The number of nitrogens with two attached hydrogens (primary N) is 3. The first-order valence-electron chi connectivity index (χ1n) is 10.4. The molecule has 1 amide bonds. The van der Waals surface area contributed by atoms with Gasteiger partial charge in [-0.3, -0.25) is 9.59 Å². The summed E-state index contributed by atoms with van der Waals surface area (Å²) >= 11 is 0. The Morgan fingerprint density at radius 3 is 2.56 bits per heavy atom. The molecule has 1 saturated heterocycles. The quantitative estimate of drug-likeness (QED) is 0.468. The molecule has 0 bridgehead atoms. The molecule has 1 aromatic carbocycles. The van der Waals surface area contributed by atoms with Crippen LogP contribution in [0.5, 0.6) is 0 Å². The monoisotopic (exact) mass is 438 g/mol. The van der Waals surface area contributed by atoms with Crippen LogP contribution in [0.25, 0.3) is 11.0 Å². The summed E-state index contributed by atoms with van der Waals surface area (Å²) in [5.74, 6) is -0.539. The Morgan fingerprint density at radius 2 is 1.91 bits per heavy atom. The highest BCUT2D eigenvalue weighted by molar-refractivity contribution is 6.00. The lowest BCUT2D eigenvalue weighted by Gasteiger charge is -2.37. The first-order valence-corrected chi connectivity index (χ1v) is 10.4. The summed E-state index contributed by atoms with van der Waals surface area (Å²) in [6.45, 7) is 3.23. The maximum atomic E-state index is 12.9. The molecule has 0 saturated carbocycles. The third-order valence-electron chi connectivity index (χ3n) is 5.32. The van der Waals surface area contributed by atoms with Crippen LogP contribution in [0.1, 0.15) is 16.8 Å². The van der Waals surface area contributed by atoms with E-state index in [0.29, 0.717) is 57.4 Å². The van der Waals surface area contributed by atoms with Crippen molar-refractivity contribution in [1.29, 1.82) is 0 Å².